The third-order valence-corrected chi connectivity index (χ3v) is 5.75. The van der Waals surface area contributed by atoms with Crippen LogP contribution in [0.5, 0.6) is 0 Å². The molecule has 0 bridgehead atoms. The minimum Gasteiger partial charge on any atom is -0.465 e. The van der Waals surface area contributed by atoms with E-state index in [9.17, 15) is 27.2 Å². The number of primary amides is 1. The van der Waals surface area contributed by atoms with Gasteiger partial charge in [0.25, 0.3) is 0 Å². The summed E-state index contributed by atoms with van der Waals surface area (Å²) in [6.07, 6.45) is -4.76. The van der Waals surface area contributed by atoms with Crippen molar-refractivity contribution in [3.8, 4) is 0 Å². The number of esters is 1. The molecule has 1 aromatic rings. The lowest BCUT2D eigenvalue weighted by molar-refractivity contribution is -0.146. The molecule has 0 aliphatic heterocycles. The number of nitrogens with two attached hydrogens (primary N) is 2. The standard InChI is InChI=1S/C18H20Cl2F4N2O3/c1-8(6-16(2,26)15(25)28)7-29-14(27)13-12(17(13,19)20)9-3-4-11(21)10(5-9)18(22,23)24/h3-5,8,12-13H,6-7,26H2,1-2H3,(H2,25,28)/t8?,12-,13+,16+/m0/s1. The van der Waals surface area contributed by atoms with E-state index in [-0.39, 0.29) is 24.5 Å². The van der Waals surface area contributed by atoms with E-state index in [0.29, 0.717) is 12.1 Å². The highest BCUT2D eigenvalue weighted by atomic mass is 35.5. The second kappa shape index (κ2) is 7.92. The maximum atomic E-state index is 13.5. The Morgan fingerprint density at radius 2 is 1.90 bits per heavy atom. The van der Waals surface area contributed by atoms with Crippen molar-refractivity contribution in [2.24, 2.45) is 23.3 Å². The first-order chi connectivity index (χ1) is 13.1. The van der Waals surface area contributed by atoms with Crippen molar-refractivity contribution in [3.63, 3.8) is 0 Å². The molecule has 29 heavy (non-hydrogen) atoms. The van der Waals surface area contributed by atoms with Crippen LogP contribution in [0.4, 0.5) is 17.6 Å². The number of ether oxygens (including phenoxy) is 1. The first kappa shape index (κ1) is 23.7. The third-order valence-electron chi connectivity index (χ3n) is 4.81. The minimum absolute atomic E-state index is 0.0259. The molecular weight excluding hydrogens is 439 g/mol. The summed E-state index contributed by atoms with van der Waals surface area (Å²) in [5.41, 5.74) is 8.16. The summed E-state index contributed by atoms with van der Waals surface area (Å²) in [7, 11) is 0. The van der Waals surface area contributed by atoms with E-state index in [1.54, 1.807) is 6.92 Å². The number of benzene rings is 1. The summed E-state index contributed by atoms with van der Waals surface area (Å²) < 4.78 is 55.7. The average molecular weight is 459 g/mol. The summed E-state index contributed by atoms with van der Waals surface area (Å²) in [6, 6.07) is 2.33. The van der Waals surface area contributed by atoms with Crippen molar-refractivity contribution in [1.29, 1.82) is 0 Å². The van der Waals surface area contributed by atoms with Crippen molar-refractivity contribution in [2.45, 2.75) is 42.2 Å². The molecule has 11 heteroatoms. The molecule has 0 heterocycles. The average Bonchev–Trinajstić information content (AvgIpc) is 3.13. The predicted molar refractivity (Wildman–Crippen MR) is 98.6 cm³/mol. The minimum atomic E-state index is -4.91. The van der Waals surface area contributed by atoms with E-state index in [0.717, 1.165) is 6.07 Å². The van der Waals surface area contributed by atoms with Gasteiger partial charge in [0.15, 0.2) is 0 Å². The van der Waals surface area contributed by atoms with Gasteiger partial charge in [-0.15, -0.1) is 0 Å². The molecule has 1 unspecified atom stereocenters. The van der Waals surface area contributed by atoms with E-state index in [1.165, 1.54) is 6.92 Å². The van der Waals surface area contributed by atoms with Gasteiger partial charge in [-0.05, 0) is 37.0 Å². The first-order valence-corrected chi connectivity index (χ1v) is 9.34. The Morgan fingerprint density at radius 1 is 1.31 bits per heavy atom. The zero-order valence-electron chi connectivity index (χ0n) is 15.5. The van der Waals surface area contributed by atoms with Crippen LogP contribution < -0.4 is 11.5 Å². The molecule has 1 saturated carbocycles. The molecule has 1 amide bonds. The lowest BCUT2D eigenvalue weighted by atomic mass is 9.91. The van der Waals surface area contributed by atoms with Crippen molar-refractivity contribution in [1.82, 2.24) is 0 Å². The fourth-order valence-corrected chi connectivity index (χ4v) is 3.99. The summed E-state index contributed by atoms with van der Waals surface area (Å²) >= 11 is 12.2. The van der Waals surface area contributed by atoms with Crippen LogP contribution >= 0.6 is 23.2 Å². The van der Waals surface area contributed by atoms with Gasteiger partial charge in [0, 0.05) is 5.92 Å². The van der Waals surface area contributed by atoms with Crippen LogP contribution in [0, 0.1) is 17.7 Å². The Labute approximate surface area is 174 Å². The number of halogens is 6. The van der Waals surface area contributed by atoms with E-state index < -0.39 is 51.1 Å². The van der Waals surface area contributed by atoms with Gasteiger partial charge >= 0.3 is 12.1 Å². The predicted octanol–water partition coefficient (Wildman–Crippen LogP) is 3.50. The van der Waals surface area contributed by atoms with Gasteiger partial charge in [-0.2, -0.15) is 13.2 Å². The molecule has 4 N–H and O–H groups in total. The molecule has 0 spiro atoms. The Bertz CT molecular complexity index is 815. The lowest BCUT2D eigenvalue weighted by Crippen LogP contribution is -2.50. The number of amides is 1. The molecule has 0 aromatic heterocycles. The molecule has 1 aliphatic rings. The second-order valence-electron chi connectivity index (χ2n) is 7.59. The summed E-state index contributed by atoms with van der Waals surface area (Å²) in [5, 5.41) is 0. The number of rotatable bonds is 7. The van der Waals surface area contributed by atoms with Crippen LogP contribution in [-0.2, 0) is 20.5 Å². The molecule has 4 atom stereocenters. The van der Waals surface area contributed by atoms with Crippen LogP contribution in [0.15, 0.2) is 18.2 Å². The van der Waals surface area contributed by atoms with Crippen molar-refractivity contribution < 1.29 is 31.9 Å². The number of alkyl halides is 5. The van der Waals surface area contributed by atoms with Crippen LogP contribution in [0.3, 0.4) is 0 Å². The number of carbonyl (C=O) groups is 2. The van der Waals surface area contributed by atoms with Crippen LogP contribution in [-0.4, -0.2) is 28.4 Å². The largest absolute Gasteiger partial charge is 0.465 e. The SMILES string of the molecule is CC(COC(=O)[C@H]1[C@H](c2ccc(F)c(C(F)(F)F)c2)C1(Cl)Cl)C[C@@](C)(N)C(N)=O. The normalized spacial score (nSPS) is 23.8. The fourth-order valence-electron chi connectivity index (χ4n) is 3.19. The molecule has 1 aromatic carbocycles. The highest BCUT2D eigenvalue weighted by molar-refractivity contribution is 6.53. The Kier molecular flexibility index (Phi) is 6.47. The highest BCUT2D eigenvalue weighted by Gasteiger charge is 2.68. The van der Waals surface area contributed by atoms with E-state index in [1.807, 2.05) is 0 Å². The molecule has 0 saturated heterocycles. The maximum absolute atomic E-state index is 13.5. The highest BCUT2D eigenvalue weighted by Crippen LogP contribution is 2.65. The molecule has 5 nitrogen and oxygen atoms in total. The molecule has 162 valence electrons. The van der Waals surface area contributed by atoms with Gasteiger partial charge in [0.1, 0.15) is 16.1 Å². The maximum Gasteiger partial charge on any atom is 0.419 e. The van der Waals surface area contributed by atoms with Gasteiger partial charge < -0.3 is 16.2 Å². The van der Waals surface area contributed by atoms with Gasteiger partial charge in [-0.1, -0.05) is 36.2 Å². The summed E-state index contributed by atoms with van der Waals surface area (Å²) in [4.78, 5) is 23.6. The van der Waals surface area contributed by atoms with E-state index in [4.69, 9.17) is 39.4 Å². The zero-order chi connectivity index (χ0) is 22.4. The van der Waals surface area contributed by atoms with Crippen LogP contribution in [0.2, 0.25) is 0 Å². The summed E-state index contributed by atoms with van der Waals surface area (Å²) in [6.45, 7) is 3.00. The van der Waals surface area contributed by atoms with Crippen molar-refractivity contribution >= 4 is 35.1 Å². The van der Waals surface area contributed by atoms with Crippen molar-refractivity contribution in [2.75, 3.05) is 6.61 Å². The molecule has 0 radical (unpaired) electrons. The second-order valence-corrected chi connectivity index (χ2v) is 9.03. The number of hydrogen-bond donors (Lipinski definition) is 2. The van der Waals surface area contributed by atoms with Crippen molar-refractivity contribution in [3.05, 3.63) is 35.1 Å². The van der Waals surface area contributed by atoms with E-state index >= 15 is 0 Å². The Balaban J connectivity index is 2.07. The van der Waals surface area contributed by atoms with Gasteiger partial charge in [0.2, 0.25) is 5.91 Å². The first-order valence-electron chi connectivity index (χ1n) is 8.59. The van der Waals surface area contributed by atoms with Gasteiger partial charge in [-0.25, -0.2) is 4.39 Å². The third kappa shape index (κ3) is 5.13. The van der Waals surface area contributed by atoms with Gasteiger partial charge in [0.05, 0.1) is 17.7 Å². The Morgan fingerprint density at radius 3 is 2.41 bits per heavy atom. The molecule has 2 rings (SSSR count). The van der Waals surface area contributed by atoms with Gasteiger partial charge in [-0.3, -0.25) is 9.59 Å². The Hall–Kier alpha value is -1.58. The smallest absolute Gasteiger partial charge is 0.419 e. The molecule has 1 fully saturated rings. The topological polar surface area (TPSA) is 95.4 Å². The van der Waals surface area contributed by atoms with Crippen LogP contribution in [0.1, 0.15) is 37.3 Å². The number of hydrogen-bond acceptors (Lipinski definition) is 4. The van der Waals surface area contributed by atoms with E-state index in [2.05, 4.69) is 0 Å². The quantitative estimate of drug-likeness (QED) is 0.371. The molecule has 1 aliphatic carbocycles. The molecular formula is C18H20Cl2F4N2O3. The van der Waals surface area contributed by atoms with Crippen LogP contribution in [0.25, 0.3) is 0 Å². The zero-order valence-corrected chi connectivity index (χ0v) is 17.0. The number of carbonyl (C=O) groups excluding carboxylic acids is 2. The fraction of sp³-hybridized carbons (Fsp3) is 0.556. The lowest BCUT2D eigenvalue weighted by Gasteiger charge is -2.24. The summed E-state index contributed by atoms with van der Waals surface area (Å²) in [5.74, 6) is -5.41. The monoisotopic (exact) mass is 458 g/mol.